The van der Waals surface area contributed by atoms with Crippen LogP contribution in [0.3, 0.4) is 0 Å². The molecule has 3 aromatic carbocycles. The molecule has 0 saturated heterocycles. The standard InChI is InChI=1S/C23H24N2O/c1-19-10-8-9-15-22(19)24-23(26)18-25(16-20-11-4-2-5-12-20)17-21-13-6-3-7-14-21/h2-15H,16-18H2,1H3,(H,24,26)/p+1. The molecule has 1 amide bonds. The van der Waals surface area contributed by atoms with Crippen molar-refractivity contribution >= 4 is 11.6 Å². The first-order valence-electron chi connectivity index (χ1n) is 8.97. The van der Waals surface area contributed by atoms with Gasteiger partial charge in [0, 0.05) is 16.8 Å². The number of hydrogen-bond donors (Lipinski definition) is 2. The second kappa shape index (κ2) is 8.97. The van der Waals surface area contributed by atoms with E-state index in [1.54, 1.807) is 0 Å². The van der Waals surface area contributed by atoms with Crippen LogP contribution in [0.25, 0.3) is 0 Å². The molecule has 3 aromatic rings. The normalized spacial score (nSPS) is 10.7. The van der Waals surface area contributed by atoms with Crippen molar-refractivity contribution in [3.05, 3.63) is 102 Å². The van der Waals surface area contributed by atoms with Crippen molar-refractivity contribution < 1.29 is 9.69 Å². The van der Waals surface area contributed by atoms with E-state index in [2.05, 4.69) is 29.6 Å². The Kier molecular flexibility index (Phi) is 6.18. The SMILES string of the molecule is Cc1ccccc1NC(=O)C[NH+](Cc1ccccc1)Cc1ccccc1. The van der Waals surface area contributed by atoms with Crippen molar-refractivity contribution in [1.29, 1.82) is 0 Å². The maximum atomic E-state index is 12.6. The van der Waals surface area contributed by atoms with Crippen molar-refractivity contribution in [2.75, 3.05) is 11.9 Å². The molecule has 0 atom stereocenters. The molecule has 0 aliphatic carbocycles. The average Bonchev–Trinajstić information content (AvgIpc) is 2.65. The van der Waals surface area contributed by atoms with Gasteiger partial charge in [0.25, 0.3) is 5.91 Å². The first-order chi connectivity index (χ1) is 12.7. The van der Waals surface area contributed by atoms with Crippen LogP contribution in [0.15, 0.2) is 84.9 Å². The van der Waals surface area contributed by atoms with Crippen LogP contribution in [0.1, 0.15) is 16.7 Å². The van der Waals surface area contributed by atoms with E-state index in [-0.39, 0.29) is 5.91 Å². The Morgan fingerprint density at radius 2 is 1.27 bits per heavy atom. The summed E-state index contributed by atoms with van der Waals surface area (Å²) in [5, 5.41) is 3.05. The molecule has 132 valence electrons. The van der Waals surface area contributed by atoms with Crippen LogP contribution in [-0.2, 0) is 17.9 Å². The number of carbonyl (C=O) groups excluding carboxylic acids is 1. The van der Waals surface area contributed by atoms with Gasteiger partial charge in [0.05, 0.1) is 0 Å². The summed E-state index contributed by atoms with van der Waals surface area (Å²) in [7, 11) is 0. The minimum Gasteiger partial charge on any atom is -0.321 e. The van der Waals surface area contributed by atoms with Crippen molar-refractivity contribution in [3.8, 4) is 0 Å². The van der Waals surface area contributed by atoms with E-state index in [0.29, 0.717) is 6.54 Å². The summed E-state index contributed by atoms with van der Waals surface area (Å²) < 4.78 is 0. The molecule has 0 heterocycles. The number of anilines is 1. The summed E-state index contributed by atoms with van der Waals surface area (Å²) in [6.07, 6.45) is 0. The first kappa shape index (κ1) is 17.9. The largest absolute Gasteiger partial charge is 0.321 e. The van der Waals surface area contributed by atoms with Gasteiger partial charge in [-0.3, -0.25) is 4.79 Å². The Labute approximate surface area is 155 Å². The number of carbonyl (C=O) groups is 1. The summed E-state index contributed by atoms with van der Waals surface area (Å²) in [6.45, 7) is 4.07. The van der Waals surface area contributed by atoms with Crippen LogP contribution in [-0.4, -0.2) is 12.5 Å². The highest BCUT2D eigenvalue weighted by atomic mass is 16.2. The van der Waals surface area contributed by atoms with Crippen molar-refractivity contribution in [2.45, 2.75) is 20.0 Å². The lowest BCUT2D eigenvalue weighted by molar-refractivity contribution is -0.919. The van der Waals surface area contributed by atoms with Gasteiger partial charge in [0.2, 0.25) is 0 Å². The van der Waals surface area contributed by atoms with Crippen LogP contribution in [0.2, 0.25) is 0 Å². The van der Waals surface area contributed by atoms with Crippen LogP contribution < -0.4 is 10.2 Å². The molecule has 2 N–H and O–H groups in total. The van der Waals surface area contributed by atoms with Gasteiger partial charge in [-0.05, 0) is 18.6 Å². The Morgan fingerprint density at radius 3 is 1.81 bits per heavy atom. The molecule has 0 radical (unpaired) electrons. The van der Waals surface area contributed by atoms with Gasteiger partial charge in [0.1, 0.15) is 13.1 Å². The summed E-state index contributed by atoms with van der Waals surface area (Å²) in [5.41, 5.74) is 4.44. The first-order valence-corrected chi connectivity index (χ1v) is 8.97. The smallest absolute Gasteiger partial charge is 0.279 e. The van der Waals surface area contributed by atoms with E-state index in [9.17, 15) is 4.79 Å². The molecule has 3 rings (SSSR count). The van der Waals surface area contributed by atoms with Gasteiger partial charge in [-0.15, -0.1) is 0 Å². The number of quaternary nitrogens is 1. The fourth-order valence-corrected chi connectivity index (χ4v) is 3.09. The number of benzene rings is 3. The summed E-state index contributed by atoms with van der Waals surface area (Å²) in [5.74, 6) is 0.0427. The molecule has 0 unspecified atom stereocenters. The second-order valence-electron chi connectivity index (χ2n) is 6.61. The van der Waals surface area contributed by atoms with Gasteiger partial charge in [-0.25, -0.2) is 0 Å². The zero-order valence-electron chi connectivity index (χ0n) is 15.1. The molecule has 0 saturated carbocycles. The lowest BCUT2D eigenvalue weighted by Crippen LogP contribution is -3.10. The lowest BCUT2D eigenvalue weighted by atomic mass is 10.1. The second-order valence-corrected chi connectivity index (χ2v) is 6.61. The van der Waals surface area contributed by atoms with Crippen molar-refractivity contribution in [1.82, 2.24) is 0 Å². The van der Waals surface area contributed by atoms with E-state index in [4.69, 9.17) is 0 Å². The van der Waals surface area contributed by atoms with E-state index in [0.717, 1.165) is 24.3 Å². The Hall–Kier alpha value is -2.91. The van der Waals surface area contributed by atoms with Crippen molar-refractivity contribution in [3.63, 3.8) is 0 Å². The number of aryl methyl sites for hydroxylation is 1. The molecule has 0 aromatic heterocycles. The maximum Gasteiger partial charge on any atom is 0.279 e. The molecule has 26 heavy (non-hydrogen) atoms. The van der Waals surface area contributed by atoms with E-state index < -0.39 is 0 Å². The molecule has 0 spiro atoms. The molecule has 3 heteroatoms. The highest BCUT2D eigenvalue weighted by Crippen LogP contribution is 2.12. The Balaban J connectivity index is 1.70. The monoisotopic (exact) mass is 345 g/mol. The highest BCUT2D eigenvalue weighted by Gasteiger charge is 2.16. The van der Waals surface area contributed by atoms with Crippen molar-refractivity contribution in [2.24, 2.45) is 0 Å². The van der Waals surface area contributed by atoms with Gasteiger partial charge in [-0.2, -0.15) is 0 Å². The molecule has 0 bridgehead atoms. The third kappa shape index (κ3) is 5.30. The molecule has 0 fully saturated rings. The number of rotatable bonds is 7. The van der Waals surface area contributed by atoms with Crippen LogP contribution in [0.5, 0.6) is 0 Å². The highest BCUT2D eigenvalue weighted by molar-refractivity contribution is 5.92. The molecule has 0 aliphatic rings. The van der Waals surface area contributed by atoms with E-state index >= 15 is 0 Å². The molecular formula is C23H25N2O+. The quantitative estimate of drug-likeness (QED) is 0.677. The van der Waals surface area contributed by atoms with Gasteiger partial charge in [0.15, 0.2) is 6.54 Å². The summed E-state index contributed by atoms with van der Waals surface area (Å²) in [4.78, 5) is 13.8. The van der Waals surface area contributed by atoms with Gasteiger partial charge < -0.3 is 10.2 Å². The van der Waals surface area contributed by atoms with E-state index in [1.165, 1.54) is 16.0 Å². The Bertz CT molecular complexity index is 790. The molecule has 3 nitrogen and oxygen atoms in total. The predicted molar refractivity (Wildman–Crippen MR) is 106 cm³/mol. The molecule has 0 aliphatic heterocycles. The number of nitrogens with one attached hydrogen (secondary N) is 2. The third-order valence-corrected chi connectivity index (χ3v) is 4.42. The third-order valence-electron chi connectivity index (χ3n) is 4.42. The maximum absolute atomic E-state index is 12.6. The minimum absolute atomic E-state index is 0.0427. The Morgan fingerprint density at radius 1 is 0.769 bits per heavy atom. The lowest BCUT2D eigenvalue weighted by Gasteiger charge is -2.20. The topological polar surface area (TPSA) is 33.5 Å². The minimum atomic E-state index is 0.0427. The zero-order chi connectivity index (χ0) is 18.2. The fraction of sp³-hybridized carbons (Fsp3) is 0.174. The number of para-hydroxylation sites is 1. The zero-order valence-corrected chi connectivity index (χ0v) is 15.1. The van der Waals surface area contributed by atoms with Gasteiger partial charge in [-0.1, -0.05) is 78.9 Å². The van der Waals surface area contributed by atoms with Crippen LogP contribution >= 0.6 is 0 Å². The van der Waals surface area contributed by atoms with Crippen LogP contribution in [0.4, 0.5) is 5.69 Å². The predicted octanol–water partition coefficient (Wildman–Crippen LogP) is 3.22. The van der Waals surface area contributed by atoms with E-state index in [1.807, 2.05) is 67.6 Å². The summed E-state index contributed by atoms with van der Waals surface area (Å²) >= 11 is 0. The fourth-order valence-electron chi connectivity index (χ4n) is 3.09. The van der Waals surface area contributed by atoms with Crippen LogP contribution in [0, 0.1) is 6.92 Å². The molecular weight excluding hydrogens is 320 g/mol. The number of amides is 1. The van der Waals surface area contributed by atoms with Gasteiger partial charge >= 0.3 is 0 Å². The average molecular weight is 345 g/mol. The summed E-state index contributed by atoms with van der Waals surface area (Å²) in [6, 6.07) is 28.6. The number of hydrogen-bond acceptors (Lipinski definition) is 1.